The van der Waals surface area contributed by atoms with Crippen LogP contribution in [-0.4, -0.2) is 16.9 Å². The van der Waals surface area contributed by atoms with E-state index in [9.17, 15) is 14.7 Å². The van der Waals surface area contributed by atoms with E-state index in [0.29, 0.717) is 16.7 Å². The van der Waals surface area contributed by atoms with Crippen LogP contribution >= 0.6 is 0 Å². The molecule has 20 heavy (non-hydrogen) atoms. The monoisotopic (exact) mass is 265 g/mol. The first kappa shape index (κ1) is 12.2. The van der Waals surface area contributed by atoms with E-state index in [1.807, 2.05) is 0 Å². The average Bonchev–Trinajstić information content (AvgIpc) is 2.45. The van der Waals surface area contributed by atoms with Crippen molar-refractivity contribution >= 4 is 23.5 Å². The highest BCUT2D eigenvalue weighted by molar-refractivity contribution is 6.33. The second-order valence-electron chi connectivity index (χ2n) is 4.48. The van der Waals surface area contributed by atoms with Crippen LogP contribution in [0.3, 0.4) is 0 Å². The zero-order chi connectivity index (χ0) is 14.1. The van der Waals surface area contributed by atoms with Gasteiger partial charge in [0, 0.05) is 11.1 Å². The smallest absolute Gasteiger partial charge is 0.258 e. The molecule has 0 spiro atoms. The van der Waals surface area contributed by atoms with Crippen molar-refractivity contribution in [2.24, 2.45) is 0 Å². The van der Waals surface area contributed by atoms with Crippen LogP contribution in [0.25, 0.3) is 11.6 Å². The van der Waals surface area contributed by atoms with Gasteiger partial charge in [-0.3, -0.25) is 14.9 Å². The van der Waals surface area contributed by atoms with Gasteiger partial charge >= 0.3 is 0 Å². The standard InChI is InChI=1S/C16H11NO3/c18-11-7-5-10(6-8-11)9-14-12-3-1-2-4-13(12)15(19)17-16(14)20/h1-9,18H,(H,17,19,20)/b14-9-. The second-order valence-corrected chi connectivity index (χ2v) is 4.48. The Morgan fingerprint density at radius 2 is 1.50 bits per heavy atom. The maximum absolute atomic E-state index is 12.0. The summed E-state index contributed by atoms with van der Waals surface area (Å²) in [6.07, 6.45) is 1.69. The van der Waals surface area contributed by atoms with E-state index in [4.69, 9.17) is 0 Å². The Labute approximate surface area is 115 Å². The maximum atomic E-state index is 12.0. The zero-order valence-corrected chi connectivity index (χ0v) is 10.5. The van der Waals surface area contributed by atoms with Crippen LogP contribution in [-0.2, 0) is 4.79 Å². The lowest BCUT2D eigenvalue weighted by Gasteiger charge is -2.17. The second kappa shape index (κ2) is 4.66. The van der Waals surface area contributed by atoms with Crippen molar-refractivity contribution in [2.45, 2.75) is 0 Å². The number of nitrogens with one attached hydrogen (secondary N) is 1. The summed E-state index contributed by atoms with van der Waals surface area (Å²) in [4.78, 5) is 23.7. The van der Waals surface area contributed by atoms with Crippen LogP contribution < -0.4 is 5.32 Å². The van der Waals surface area contributed by atoms with Gasteiger partial charge in [0.1, 0.15) is 5.75 Å². The minimum Gasteiger partial charge on any atom is -0.508 e. The number of carbonyl (C=O) groups excluding carboxylic acids is 2. The van der Waals surface area contributed by atoms with Crippen molar-refractivity contribution in [1.82, 2.24) is 5.32 Å². The van der Waals surface area contributed by atoms with E-state index >= 15 is 0 Å². The minimum absolute atomic E-state index is 0.163. The van der Waals surface area contributed by atoms with Crippen molar-refractivity contribution in [1.29, 1.82) is 0 Å². The first-order valence-corrected chi connectivity index (χ1v) is 6.11. The van der Waals surface area contributed by atoms with Gasteiger partial charge in [-0.1, -0.05) is 30.3 Å². The molecule has 2 aromatic carbocycles. The van der Waals surface area contributed by atoms with Crippen molar-refractivity contribution in [2.75, 3.05) is 0 Å². The van der Waals surface area contributed by atoms with Crippen molar-refractivity contribution in [3.8, 4) is 5.75 Å². The summed E-state index contributed by atoms with van der Waals surface area (Å²) >= 11 is 0. The summed E-state index contributed by atoms with van der Waals surface area (Å²) in [5, 5.41) is 11.6. The van der Waals surface area contributed by atoms with Crippen LogP contribution in [0.5, 0.6) is 5.75 Å². The fourth-order valence-corrected chi connectivity index (χ4v) is 2.16. The topological polar surface area (TPSA) is 66.4 Å². The highest BCUT2D eigenvalue weighted by atomic mass is 16.3. The lowest BCUT2D eigenvalue weighted by atomic mass is 9.93. The average molecular weight is 265 g/mol. The van der Waals surface area contributed by atoms with Crippen molar-refractivity contribution in [3.63, 3.8) is 0 Å². The summed E-state index contributed by atoms with van der Waals surface area (Å²) in [6, 6.07) is 13.5. The Bertz CT molecular complexity index is 730. The number of hydrogen-bond acceptors (Lipinski definition) is 3. The molecule has 2 aromatic rings. The number of benzene rings is 2. The summed E-state index contributed by atoms with van der Waals surface area (Å²) in [5.41, 5.74) is 2.31. The molecule has 1 heterocycles. The van der Waals surface area contributed by atoms with Crippen molar-refractivity contribution < 1.29 is 14.7 Å². The number of aromatic hydroxyl groups is 1. The highest BCUT2D eigenvalue weighted by Crippen LogP contribution is 2.26. The summed E-state index contributed by atoms with van der Waals surface area (Å²) in [6.45, 7) is 0. The molecular formula is C16H11NO3. The van der Waals surface area contributed by atoms with Gasteiger partial charge < -0.3 is 5.11 Å². The van der Waals surface area contributed by atoms with Crippen LogP contribution in [0.2, 0.25) is 0 Å². The molecule has 0 unspecified atom stereocenters. The Morgan fingerprint density at radius 1 is 0.850 bits per heavy atom. The third-order valence-electron chi connectivity index (χ3n) is 3.14. The van der Waals surface area contributed by atoms with E-state index in [0.717, 1.165) is 5.56 Å². The number of fused-ring (bicyclic) bond motifs is 1. The number of imide groups is 1. The number of amides is 2. The quantitative estimate of drug-likeness (QED) is 0.613. The van der Waals surface area contributed by atoms with Crippen molar-refractivity contribution in [3.05, 3.63) is 65.2 Å². The first-order chi connectivity index (χ1) is 9.65. The largest absolute Gasteiger partial charge is 0.508 e. The zero-order valence-electron chi connectivity index (χ0n) is 10.5. The lowest BCUT2D eigenvalue weighted by molar-refractivity contribution is -0.114. The van der Waals surface area contributed by atoms with Gasteiger partial charge in [-0.25, -0.2) is 0 Å². The first-order valence-electron chi connectivity index (χ1n) is 6.11. The van der Waals surface area contributed by atoms with E-state index in [1.54, 1.807) is 54.6 Å². The van der Waals surface area contributed by atoms with Crippen LogP contribution in [0.4, 0.5) is 0 Å². The van der Waals surface area contributed by atoms with Gasteiger partial charge in [-0.2, -0.15) is 0 Å². The van der Waals surface area contributed by atoms with E-state index in [2.05, 4.69) is 5.32 Å². The van der Waals surface area contributed by atoms with Gasteiger partial charge in [-0.15, -0.1) is 0 Å². The molecule has 0 bridgehead atoms. The van der Waals surface area contributed by atoms with Gasteiger partial charge in [0.05, 0.1) is 0 Å². The Balaban J connectivity index is 2.13. The molecule has 0 aromatic heterocycles. The van der Waals surface area contributed by atoms with Gasteiger partial charge in [0.15, 0.2) is 0 Å². The predicted molar refractivity (Wildman–Crippen MR) is 74.9 cm³/mol. The molecule has 4 nitrogen and oxygen atoms in total. The van der Waals surface area contributed by atoms with E-state index in [1.165, 1.54) is 0 Å². The van der Waals surface area contributed by atoms with E-state index < -0.39 is 5.91 Å². The molecule has 1 aliphatic rings. The maximum Gasteiger partial charge on any atom is 0.258 e. The van der Waals surface area contributed by atoms with Crippen LogP contribution in [0, 0.1) is 0 Å². The normalized spacial score (nSPS) is 15.9. The molecule has 98 valence electrons. The molecule has 0 saturated carbocycles. The number of phenolic OH excluding ortho intramolecular Hbond substituents is 1. The fraction of sp³-hybridized carbons (Fsp3) is 0. The van der Waals surface area contributed by atoms with Crippen LogP contribution in [0.15, 0.2) is 48.5 Å². The van der Waals surface area contributed by atoms with Crippen LogP contribution in [0.1, 0.15) is 21.5 Å². The summed E-state index contributed by atoms with van der Waals surface area (Å²) in [5.74, 6) is -0.633. The highest BCUT2D eigenvalue weighted by Gasteiger charge is 2.26. The number of hydrogen-bond donors (Lipinski definition) is 2. The summed E-state index contributed by atoms with van der Waals surface area (Å²) < 4.78 is 0. The molecule has 0 atom stereocenters. The molecule has 0 radical (unpaired) electrons. The van der Waals surface area contributed by atoms with Gasteiger partial charge in [0.25, 0.3) is 11.8 Å². The fourth-order valence-electron chi connectivity index (χ4n) is 2.16. The molecule has 2 amide bonds. The third kappa shape index (κ3) is 2.07. The SMILES string of the molecule is O=C1NC(=O)c2ccccc2/C1=C/c1ccc(O)cc1. The number of phenols is 1. The molecule has 0 fully saturated rings. The Morgan fingerprint density at radius 3 is 2.20 bits per heavy atom. The lowest BCUT2D eigenvalue weighted by Crippen LogP contribution is -2.36. The van der Waals surface area contributed by atoms with Gasteiger partial charge in [-0.05, 0) is 35.4 Å². The van der Waals surface area contributed by atoms with E-state index in [-0.39, 0.29) is 11.7 Å². The number of rotatable bonds is 1. The Kier molecular flexibility index (Phi) is 2.84. The Hall–Kier alpha value is -2.88. The minimum atomic E-state index is -0.415. The molecule has 0 saturated heterocycles. The number of carbonyl (C=O) groups is 2. The molecule has 4 heteroatoms. The molecule has 0 aliphatic carbocycles. The molecule has 3 rings (SSSR count). The molecule has 1 aliphatic heterocycles. The predicted octanol–water partition coefficient (Wildman–Crippen LogP) is 2.20. The third-order valence-corrected chi connectivity index (χ3v) is 3.14. The van der Waals surface area contributed by atoms with Gasteiger partial charge in [0.2, 0.25) is 0 Å². The summed E-state index contributed by atoms with van der Waals surface area (Å²) in [7, 11) is 0. The molecular weight excluding hydrogens is 254 g/mol. The molecule has 2 N–H and O–H groups in total.